The highest BCUT2D eigenvalue weighted by Gasteiger charge is 1.97. The van der Waals surface area contributed by atoms with Gasteiger partial charge < -0.3 is 10.5 Å². The summed E-state index contributed by atoms with van der Waals surface area (Å²) in [6, 6.07) is 15.8. The third kappa shape index (κ3) is 5.08. The van der Waals surface area contributed by atoms with Crippen molar-refractivity contribution in [1.82, 2.24) is 0 Å². The summed E-state index contributed by atoms with van der Waals surface area (Å²) in [6.45, 7) is 1.26. The van der Waals surface area contributed by atoms with E-state index < -0.39 is 0 Å². The molecule has 2 aromatic rings. The van der Waals surface area contributed by atoms with E-state index in [0.717, 1.165) is 28.5 Å². The molecule has 2 rings (SSSR count). The summed E-state index contributed by atoms with van der Waals surface area (Å²) in [7, 11) is 0. The van der Waals surface area contributed by atoms with Crippen LogP contribution in [0.5, 0.6) is 5.75 Å². The Labute approximate surface area is 129 Å². The highest BCUT2D eigenvalue weighted by molar-refractivity contribution is 7.99. The Bertz CT molecular complexity index is 530. The first-order valence-electron chi connectivity index (χ1n) is 6.58. The second-order valence-corrected chi connectivity index (χ2v) is 5.96. The molecular weight excluding hydrogens is 290 g/mol. The first-order valence-corrected chi connectivity index (χ1v) is 7.94. The number of hydrogen-bond donors (Lipinski definition) is 1. The van der Waals surface area contributed by atoms with Crippen LogP contribution in [0.1, 0.15) is 12.0 Å². The van der Waals surface area contributed by atoms with Crippen molar-refractivity contribution < 1.29 is 4.74 Å². The van der Waals surface area contributed by atoms with E-state index in [0.29, 0.717) is 13.2 Å². The molecule has 0 unspecified atom stereocenters. The van der Waals surface area contributed by atoms with E-state index in [4.69, 9.17) is 22.1 Å². The Kier molecular flexibility index (Phi) is 6.25. The molecule has 0 aliphatic rings. The molecule has 0 aliphatic heterocycles. The van der Waals surface area contributed by atoms with Crippen molar-refractivity contribution in [2.24, 2.45) is 5.73 Å². The van der Waals surface area contributed by atoms with Crippen molar-refractivity contribution in [1.29, 1.82) is 0 Å². The molecule has 0 amide bonds. The fourth-order valence-electron chi connectivity index (χ4n) is 1.73. The molecule has 106 valence electrons. The highest BCUT2D eigenvalue weighted by Crippen LogP contribution is 2.21. The maximum atomic E-state index is 5.85. The number of halogens is 1. The van der Waals surface area contributed by atoms with Gasteiger partial charge in [0, 0.05) is 22.2 Å². The minimum atomic E-state index is 0.545. The molecule has 2 nitrogen and oxygen atoms in total. The zero-order valence-electron chi connectivity index (χ0n) is 11.2. The van der Waals surface area contributed by atoms with Crippen molar-refractivity contribution in [3.8, 4) is 5.75 Å². The van der Waals surface area contributed by atoms with Crippen molar-refractivity contribution in [3.63, 3.8) is 0 Å². The molecule has 0 fully saturated rings. The summed E-state index contributed by atoms with van der Waals surface area (Å²) in [5.41, 5.74) is 6.70. The molecule has 0 saturated heterocycles. The SMILES string of the molecule is NCc1cccc(OCCCSc2ccc(Cl)cc2)c1. The van der Waals surface area contributed by atoms with Crippen molar-refractivity contribution in [3.05, 3.63) is 59.1 Å². The largest absolute Gasteiger partial charge is 0.494 e. The zero-order chi connectivity index (χ0) is 14.2. The van der Waals surface area contributed by atoms with E-state index in [1.165, 1.54) is 4.90 Å². The average Bonchev–Trinajstić information content (AvgIpc) is 2.49. The van der Waals surface area contributed by atoms with Gasteiger partial charge in [0.2, 0.25) is 0 Å². The van der Waals surface area contributed by atoms with Crippen molar-refractivity contribution in [2.75, 3.05) is 12.4 Å². The topological polar surface area (TPSA) is 35.2 Å². The molecule has 0 aromatic heterocycles. The van der Waals surface area contributed by atoms with Gasteiger partial charge in [-0.1, -0.05) is 23.7 Å². The minimum absolute atomic E-state index is 0.545. The summed E-state index contributed by atoms with van der Waals surface area (Å²) in [5, 5.41) is 0.775. The number of hydrogen-bond acceptors (Lipinski definition) is 3. The molecule has 0 heterocycles. The predicted molar refractivity (Wildman–Crippen MR) is 86.6 cm³/mol. The number of rotatable bonds is 7. The number of benzene rings is 2. The van der Waals surface area contributed by atoms with E-state index in [9.17, 15) is 0 Å². The van der Waals surface area contributed by atoms with Crippen LogP contribution in [0.4, 0.5) is 0 Å². The van der Waals surface area contributed by atoms with E-state index in [2.05, 4.69) is 0 Å². The van der Waals surface area contributed by atoms with E-state index in [1.807, 2.05) is 60.3 Å². The summed E-state index contributed by atoms with van der Waals surface area (Å²) in [5.74, 6) is 1.92. The Morgan fingerprint density at radius 3 is 2.65 bits per heavy atom. The Morgan fingerprint density at radius 1 is 1.10 bits per heavy atom. The lowest BCUT2D eigenvalue weighted by molar-refractivity contribution is 0.318. The number of ether oxygens (including phenoxy) is 1. The summed E-state index contributed by atoms with van der Waals surface area (Å²) in [6.07, 6.45) is 1.00. The van der Waals surface area contributed by atoms with Gasteiger partial charge in [-0.25, -0.2) is 0 Å². The average molecular weight is 308 g/mol. The summed E-state index contributed by atoms with van der Waals surface area (Å²) in [4.78, 5) is 1.24. The van der Waals surface area contributed by atoms with E-state index >= 15 is 0 Å². The molecule has 2 N–H and O–H groups in total. The lowest BCUT2D eigenvalue weighted by Gasteiger charge is -2.07. The normalized spacial score (nSPS) is 10.5. The van der Waals surface area contributed by atoms with Crippen LogP contribution in [-0.4, -0.2) is 12.4 Å². The third-order valence-corrected chi connectivity index (χ3v) is 4.12. The molecule has 0 saturated carbocycles. The fourth-order valence-corrected chi connectivity index (χ4v) is 2.68. The van der Waals surface area contributed by atoms with Gasteiger partial charge >= 0.3 is 0 Å². The number of thioether (sulfide) groups is 1. The zero-order valence-corrected chi connectivity index (χ0v) is 12.8. The summed E-state index contributed by atoms with van der Waals surface area (Å²) >= 11 is 7.66. The Hall–Kier alpha value is -1.16. The van der Waals surface area contributed by atoms with Crippen LogP contribution in [-0.2, 0) is 6.54 Å². The van der Waals surface area contributed by atoms with Gasteiger partial charge in [-0.15, -0.1) is 11.8 Å². The molecule has 4 heteroatoms. The van der Waals surface area contributed by atoms with Crippen LogP contribution >= 0.6 is 23.4 Å². The first-order chi connectivity index (χ1) is 9.78. The quantitative estimate of drug-likeness (QED) is 0.610. The lowest BCUT2D eigenvalue weighted by Crippen LogP contribution is -2.00. The minimum Gasteiger partial charge on any atom is -0.494 e. The van der Waals surface area contributed by atoms with Crippen LogP contribution in [0.3, 0.4) is 0 Å². The third-order valence-electron chi connectivity index (χ3n) is 2.77. The van der Waals surface area contributed by atoms with Crippen LogP contribution in [0.25, 0.3) is 0 Å². The number of nitrogens with two attached hydrogens (primary N) is 1. The smallest absolute Gasteiger partial charge is 0.119 e. The standard InChI is InChI=1S/C16H18ClNOS/c17-14-5-7-16(8-6-14)20-10-2-9-19-15-4-1-3-13(11-15)12-18/h1,3-8,11H,2,9-10,12,18H2. The van der Waals surface area contributed by atoms with Crippen LogP contribution in [0.15, 0.2) is 53.4 Å². The second kappa shape index (κ2) is 8.20. The molecule has 0 bridgehead atoms. The fraction of sp³-hybridized carbons (Fsp3) is 0.250. The first kappa shape index (κ1) is 15.2. The molecule has 0 radical (unpaired) electrons. The highest BCUT2D eigenvalue weighted by atomic mass is 35.5. The molecule has 0 spiro atoms. The van der Waals surface area contributed by atoms with Crippen molar-refractivity contribution in [2.45, 2.75) is 17.9 Å². The van der Waals surface area contributed by atoms with Gasteiger partial charge in [-0.05, 0) is 48.4 Å². The van der Waals surface area contributed by atoms with Crippen molar-refractivity contribution >= 4 is 23.4 Å². The molecule has 2 aromatic carbocycles. The van der Waals surface area contributed by atoms with Gasteiger partial charge in [-0.3, -0.25) is 0 Å². The Balaban J connectivity index is 1.67. The molecule has 20 heavy (non-hydrogen) atoms. The van der Waals surface area contributed by atoms with Gasteiger partial charge in [0.25, 0.3) is 0 Å². The van der Waals surface area contributed by atoms with Gasteiger partial charge in [-0.2, -0.15) is 0 Å². The van der Waals surface area contributed by atoms with Gasteiger partial charge in [0.05, 0.1) is 6.61 Å². The predicted octanol–water partition coefficient (Wildman–Crippen LogP) is 4.36. The Morgan fingerprint density at radius 2 is 1.90 bits per heavy atom. The van der Waals surface area contributed by atoms with E-state index in [1.54, 1.807) is 0 Å². The molecule has 0 atom stereocenters. The lowest BCUT2D eigenvalue weighted by atomic mass is 10.2. The monoisotopic (exact) mass is 307 g/mol. The maximum absolute atomic E-state index is 5.85. The van der Waals surface area contributed by atoms with Gasteiger partial charge in [0.15, 0.2) is 0 Å². The molecule has 0 aliphatic carbocycles. The summed E-state index contributed by atoms with van der Waals surface area (Å²) < 4.78 is 5.72. The maximum Gasteiger partial charge on any atom is 0.119 e. The van der Waals surface area contributed by atoms with Crippen LogP contribution < -0.4 is 10.5 Å². The van der Waals surface area contributed by atoms with Crippen LogP contribution in [0.2, 0.25) is 5.02 Å². The second-order valence-electron chi connectivity index (χ2n) is 4.36. The van der Waals surface area contributed by atoms with E-state index in [-0.39, 0.29) is 0 Å². The molecular formula is C16H18ClNOS. The van der Waals surface area contributed by atoms with Gasteiger partial charge in [0.1, 0.15) is 5.75 Å². The van der Waals surface area contributed by atoms with Crippen LogP contribution in [0, 0.1) is 0 Å².